The van der Waals surface area contributed by atoms with Crippen molar-refractivity contribution in [2.45, 2.75) is 76.1 Å². The molecule has 0 aromatic rings. The maximum atomic E-state index is 12.2. The van der Waals surface area contributed by atoms with Crippen LogP contribution in [0.2, 0.25) is 0 Å². The van der Waals surface area contributed by atoms with Crippen LogP contribution >= 0.6 is 0 Å². The smallest absolute Gasteiger partial charge is 0.153 e. The van der Waals surface area contributed by atoms with Gasteiger partial charge in [-0.15, -0.1) is 0 Å². The van der Waals surface area contributed by atoms with Gasteiger partial charge in [0, 0.05) is 12.5 Å². The molecule has 20 heavy (non-hydrogen) atoms. The van der Waals surface area contributed by atoms with E-state index in [4.69, 9.17) is 0 Å². The second-order valence-corrected chi connectivity index (χ2v) is 9.26. The number of sulfone groups is 1. The zero-order valence-electron chi connectivity index (χ0n) is 12.6. The molecule has 1 aliphatic carbocycles. The van der Waals surface area contributed by atoms with Crippen molar-refractivity contribution in [3.8, 4) is 0 Å². The number of hydrogen-bond donors (Lipinski definition) is 1. The molecule has 2 aliphatic rings. The summed E-state index contributed by atoms with van der Waals surface area (Å²) in [5, 5.41) is 3.08. The third-order valence-electron chi connectivity index (χ3n) is 4.89. The zero-order chi connectivity index (χ0) is 14.8. The highest BCUT2D eigenvalue weighted by Crippen LogP contribution is 2.32. The lowest BCUT2D eigenvalue weighted by Crippen LogP contribution is -2.52. The Hall–Kier alpha value is -0.420. The molecule has 3 atom stereocenters. The van der Waals surface area contributed by atoms with Crippen LogP contribution in [-0.2, 0) is 14.6 Å². The van der Waals surface area contributed by atoms with Gasteiger partial charge in [0.25, 0.3) is 0 Å². The first-order chi connectivity index (χ1) is 9.40. The first-order valence-electron chi connectivity index (χ1n) is 7.90. The van der Waals surface area contributed by atoms with Crippen LogP contribution in [-0.4, -0.2) is 37.3 Å². The summed E-state index contributed by atoms with van der Waals surface area (Å²) in [5.41, 5.74) is 0. The van der Waals surface area contributed by atoms with Gasteiger partial charge in [-0.25, -0.2) is 8.42 Å². The molecule has 2 rings (SSSR count). The number of ketones is 1. The van der Waals surface area contributed by atoms with Gasteiger partial charge in [-0.05, 0) is 45.4 Å². The van der Waals surface area contributed by atoms with Gasteiger partial charge in [0.05, 0.1) is 17.0 Å². The molecule has 0 bridgehead atoms. The second-order valence-electron chi connectivity index (χ2n) is 6.58. The molecule has 1 heterocycles. The third kappa shape index (κ3) is 3.82. The molecule has 116 valence electrons. The number of hydrogen-bond acceptors (Lipinski definition) is 4. The minimum Gasteiger partial charge on any atom is -0.304 e. The fourth-order valence-corrected chi connectivity index (χ4v) is 4.36. The average Bonchev–Trinajstić information content (AvgIpc) is 2.44. The zero-order valence-corrected chi connectivity index (χ0v) is 13.4. The van der Waals surface area contributed by atoms with Crippen molar-refractivity contribution in [3.05, 3.63) is 0 Å². The number of rotatable bonds is 5. The molecule has 2 fully saturated rings. The molecular weight excluding hydrogens is 274 g/mol. The fraction of sp³-hybridized carbons (Fsp3) is 0.933. The van der Waals surface area contributed by atoms with E-state index in [1.807, 2.05) is 0 Å². The van der Waals surface area contributed by atoms with Crippen LogP contribution in [0.25, 0.3) is 0 Å². The van der Waals surface area contributed by atoms with Crippen LogP contribution in [0.5, 0.6) is 0 Å². The normalized spacial score (nSPS) is 31.1. The van der Waals surface area contributed by atoms with Gasteiger partial charge in [-0.3, -0.25) is 4.79 Å². The quantitative estimate of drug-likeness (QED) is 0.844. The van der Waals surface area contributed by atoms with Crippen molar-refractivity contribution >= 4 is 15.6 Å². The molecule has 0 aromatic heterocycles. The predicted molar refractivity (Wildman–Crippen MR) is 80.5 cm³/mol. The number of carbonyl (C=O) groups excluding carboxylic acids is 1. The Kier molecular flexibility index (Phi) is 5.24. The van der Waals surface area contributed by atoms with E-state index in [1.165, 1.54) is 25.7 Å². The molecule has 5 heteroatoms. The van der Waals surface area contributed by atoms with Gasteiger partial charge in [-0.1, -0.05) is 12.8 Å². The summed E-state index contributed by atoms with van der Waals surface area (Å²) >= 11 is 0. The van der Waals surface area contributed by atoms with Crippen molar-refractivity contribution < 1.29 is 13.2 Å². The van der Waals surface area contributed by atoms with E-state index in [0.717, 1.165) is 18.8 Å². The van der Waals surface area contributed by atoms with Gasteiger partial charge in [0.2, 0.25) is 0 Å². The Bertz CT molecular complexity index is 444. The van der Waals surface area contributed by atoms with Crippen LogP contribution in [0.15, 0.2) is 0 Å². The lowest BCUT2D eigenvalue weighted by molar-refractivity contribution is -0.122. The molecule has 1 saturated carbocycles. The minimum atomic E-state index is -3.10. The van der Waals surface area contributed by atoms with E-state index >= 15 is 0 Å². The van der Waals surface area contributed by atoms with Crippen LogP contribution in [0.3, 0.4) is 0 Å². The van der Waals surface area contributed by atoms with E-state index in [2.05, 4.69) is 5.32 Å². The maximum Gasteiger partial charge on any atom is 0.153 e. The average molecular weight is 301 g/mol. The fourth-order valence-electron chi connectivity index (χ4n) is 3.40. The van der Waals surface area contributed by atoms with Crippen LogP contribution in [0.1, 0.15) is 58.8 Å². The molecule has 1 N–H and O–H groups in total. The SMILES string of the molecule is CC(C)S(=O)(=O)CCC(=O)C1CCC2CCCCC2N1. The number of piperidine rings is 1. The lowest BCUT2D eigenvalue weighted by Gasteiger charge is -2.40. The predicted octanol–water partition coefficient (Wildman–Crippen LogP) is 2.08. The topological polar surface area (TPSA) is 63.2 Å². The van der Waals surface area contributed by atoms with Crippen LogP contribution in [0, 0.1) is 5.92 Å². The first kappa shape index (κ1) is 16.0. The van der Waals surface area contributed by atoms with Gasteiger partial charge in [0.1, 0.15) is 0 Å². The highest BCUT2D eigenvalue weighted by atomic mass is 32.2. The summed E-state index contributed by atoms with van der Waals surface area (Å²) in [6, 6.07) is 0.366. The highest BCUT2D eigenvalue weighted by Gasteiger charge is 2.34. The van der Waals surface area contributed by atoms with Crippen molar-refractivity contribution in [1.29, 1.82) is 0 Å². The van der Waals surface area contributed by atoms with E-state index in [0.29, 0.717) is 6.04 Å². The number of fused-ring (bicyclic) bond motifs is 1. The van der Waals surface area contributed by atoms with Gasteiger partial charge in [0.15, 0.2) is 15.6 Å². The molecule has 0 radical (unpaired) electrons. The van der Waals surface area contributed by atoms with E-state index in [9.17, 15) is 13.2 Å². The summed E-state index contributed by atoms with van der Waals surface area (Å²) < 4.78 is 23.5. The Morgan fingerprint density at radius 3 is 2.55 bits per heavy atom. The summed E-state index contributed by atoms with van der Waals surface area (Å²) in [7, 11) is -3.10. The van der Waals surface area contributed by atoms with E-state index in [-0.39, 0.29) is 24.0 Å². The number of carbonyl (C=O) groups is 1. The summed E-state index contributed by atoms with van der Waals surface area (Å²) in [6.07, 6.45) is 7.16. The van der Waals surface area contributed by atoms with Gasteiger partial charge >= 0.3 is 0 Å². The molecule has 0 spiro atoms. The molecule has 0 aromatic carbocycles. The molecule has 1 saturated heterocycles. The van der Waals surface area contributed by atoms with Crippen molar-refractivity contribution in [2.75, 3.05) is 5.75 Å². The van der Waals surface area contributed by atoms with Crippen molar-refractivity contribution in [1.82, 2.24) is 5.32 Å². The largest absolute Gasteiger partial charge is 0.304 e. The Morgan fingerprint density at radius 2 is 1.85 bits per heavy atom. The monoisotopic (exact) mass is 301 g/mol. The maximum absolute atomic E-state index is 12.2. The van der Waals surface area contributed by atoms with Crippen LogP contribution in [0.4, 0.5) is 0 Å². The van der Waals surface area contributed by atoms with E-state index < -0.39 is 15.1 Å². The summed E-state index contributed by atoms with van der Waals surface area (Å²) in [6.45, 7) is 3.34. The minimum absolute atomic E-state index is 0.00419. The highest BCUT2D eigenvalue weighted by molar-refractivity contribution is 7.91. The van der Waals surface area contributed by atoms with Gasteiger partial charge < -0.3 is 5.32 Å². The Morgan fingerprint density at radius 1 is 1.15 bits per heavy atom. The van der Waals surface area contributed by atoms with Crippen molar-refractivity contribution in [3.63, 3.8) is 0 Å². The number of Topliss-reactive ketones (excluding diaryl/α,β-unsaturated/α-hetero) is 1. The molecule has 0 amide bonds. The summed E-state index contributed by atoms with van der Waals surface area (Å²) in [4.78, 5) is 12.2. The number of nitrogens with one attached hydrogen (secondary N) is 1. The van der Waals surface area contributed by atoms with E-state index in [1.54, 1.807) is 13.8 Å². The molecule has 1 aliphatic heterocycles. The Labute approximate surface area is 122 Å². The lowest BCUT2D eigenvalue weighted by atomic mass is 9.77. The van der Waals surface area contributed by atoms with Crippen molar-refractivity contribution in [2.24, 2.45) is 5.92 Å². The standard InChI is InChI=1S/C15H27NO3S/c1-11(2)20(18,19)10-9-15(17)14-8-7-12-5-3-4-6-13(12)16-14/h11-14,16H,3-10H2,1-2H3. The third-order valence-corrected chi connectivity index (χ3v) is 7.10. The molecule has 3 unspecified atom stereocenters. The van der Waals surface area contributed by atoms with Gasteiger partial charge in [-0.2, -0.15) is 0 Å². The van der Waals surface area contributed by atoms with Crippen LogP contribution < -0.4 is 5.32 Å². The second kappa shape index (κ2) is 6.56. The Balaban J connectivity index is 1.84. The molecular formula is C15H27NO3S. The molecule has 4 nitrogen and oxygen atoms in total. The summed E-state index contributed by atoms with van der Waals surface area (Å²) in [5.74, 6) is 0.806. The first-order valence-corrected chi connectivity index (χ1v) is 9.62.